The molecule has 1 amide bonds. The molecule has 0 spiro atoms. The Balaban J connectivity index is 0.00000196. The lowest BCUT2D eigenvalue weighted by Gasteiger charge is -2.34. The summed E-state index contributed by atoms with van der Waals surface area (Å²) < 4.78 is 37.8. The third-order valence-electron chi connectivity index (χ3n) is 5.54. The van der Waals surface area contributed by atoms with Gasteiger partial charge < -0.3 is 16.0 Å². The summed E-state index contributed by atoms with van der Waals surface area (Å²) in [6.07, 6.45) is 0.996. The Morgan fingerprint density at radius 2 is 1.86 bits per heavy atom. The van der Waals surface area contributed by atoms with E-state index in [1.165, 1.54) is 6.07 Å². The fraction of sp³-hybridized carbons (Fsp3) is 0.667. The smallest absolute Gasteiger partial charge is 0.356 e. The first-order valence-corrected chi connectivity index (χ1v) is 9.17. The van der Waals surface area contributed by atoms with Crippen molar-refractivity contribution in [2.75, 3.05) is 24.5 Å². The van der Waals surface area contributed by atoms with Crippen molar-refractivity contribution in [3.63, 3.8) is 0 Å². The van der Waals surface area contributed by atoms with Crippen molar-refractivity contribution in [3.05, 3.63) is 23.9 Å². The molecular formula is C18H27Cl2F3N4O. The number of pyridine rings is 1. The molecule has 2 heterocycles. The van der Waals surface area contributed by atoms with Gasteiger partial charge in [0.2, 0.25) is 5.91 Å². The van der Waals surface area contributed by atoms with E-state index in [0.717, 1.165) is 44.4 Å². The average Bonchev–Trinajstić information content (AvgIpc) is 3.11. The highest BCUT2D eigenvalue weighted by atomic mass is 35.5. The molecule has 0 radical (unpaired) electrons. The molecule has 1 aromatic rings. The third kappa shape index (κ3) is 5.87. The number of piperidine rings is 1. The molecule has 2 atom stereocenters. The number of carbonyl (C=O) groups excluding carboxylic acids is 1. The summed E-state index contributed by atoms with van der Waals surface area (Å²) in [5, 5.41) is 3.14. The molecule has 2 aliphatic rings. The van der Waals surface area contributed by atoms with E-state index in [4.69, 9.17) is 5.73 Å². The maximum absolute atomic E-state index is 12.6. The van der Waals surface area contributed by atoms with Crippen molar-refractivity contribution in [3.8, 4) is 0 Å². The maximum Gasteiger partial charge on any atom is 0.417 e. The zero-order valence-electron chi connectivity index (χ0n) is 15.5. The minimum atomic E-state index is -4.37. The number of nitrogens with two attached hydrogens (primary N) is 1. The molecule has 1 aliphatic carbocycles. The Morgan fingerprint density at radius 1 is 1.18 bits per heavy atom. The standard InChI is InChI=1S/C18H25F3N4O.2ClH/c19-18(20,21)13-4-5-16(23-11-13)25-8-6-14(7-9-25)24-17(26)15-3-1-2-12(15)10-22;;/h4-5,11-12,14-15H,1-3,6-10,22H2,(H,24,26);2*1H/t12-,15-;;/m1../s1. The van der Waals surface area contributed by atoms with Gasteiger partial charge in [0.1, 0.15) is 5.82 Å². The fourth-order valence-corrected chi connectivity index (χ4v) is 3.97. The third-order valence-corrected chi connectivity index (χ3v) is 5.54. The molecule has 0 unspecified atom stereocenters. The number of hydrogen-bond donors (Lipinski definition) is 2. The number of rotatable bonds is 4. The Hall–Kier alpha value is -1.25. The lowest BCUT2D eigenvalue weighted by molar-refractivity contribution is -0.137. The highest BCUT2D eigenvalue weighted by Gasteiger charge is 2.34. The number of anilines is 1. The first kappa shape index (κ1) is 24.8. The van der Waals surface area contributed by atoms with Crippen molar-refractivity contribution >= 4 is 36.5 Å². The highest BCUT2D eigenvalue weighted by Crippen LogP contribution is 2.32. The highest BCUT2D eigenvalue weighted by molar-refractivity contribution is 5.85. The van der Waals surface area contributed by atoms with Gasteiger partial charge in [-0.15, -0.1) is 24.8 Å². The van der Waals surface area contributed by atoms with Crippen molar-refractivity contribution in [1.29, 1.82) is 0 Å². The van der Waals surface area contributed by atoms with Crippen LogP contribution in [0.2, 0.25) is 0 Å². The van der Waals surface area contributed by atoms with E-state index < -0.39 is 11.7 Å². The average molecular weight is 443 g/mol. The molecule has 10 heteroatoms. The van der Waals surface area contributed by atoms with Gasteiger partial charge in [0.25, 0.3) is 0 Å². The van der Waals surface area contributed by atoms with Gasteiger partial charge in [-0.3, -0.25) is 4.79 Å². The second-order valence-electron chi connectivity index (χ2n) is 7.21. The second-order valence-corrected chi connectivity index (χ2v) is 7.21. The Labute approximate surface area is 175 Å². The first-order valence-electron chi connectivity index (χ1n) is 9.17. The lowest BCUT2D eigenvalue weighted by Crippen LogP contribution is -2.47. The predicted molar refractivity (Wildman–Crippen MR) is 107 cm³/mol. The number of carbonyl (C=O) groups is 1. The van der Waals surface area contributed by atoms with Crippen LogP contribution in [0.15, 0.2) is 18.3 Å². The molecule has 160 valence electrons. The van der Waals surface area contributed by atoms with Gasteiger partial charge in [0, 0.05) is 31.2 Å². The summed E-state index contributed by atoms with van der Waals surface area (Å²) in [4.78, 5) is 18.4. The molecule has 0 aromatic carbocycles. The molecule has 3 N–H and O–H groups in total. The van der Waals surface area contributed by atoms with Crippen molar-refractivity contribution in [1.82, 2.24) is 10.3 Å². The number of nitrogens with one attached hydrogen (secondary N) is 1. The first-order chi connectivity index (χ1) is 12.4. The summed E-state index contributed by atoms with van der Waals surface area (Å²) in [7, 11) is 0. The van der Waals surface area contributed by atoms with Crippen molar-refractivity contribution < 1.29 is 18.0 Å². The molecule has 1 saturated carbocycles. The molecule has 1 saturated heterocycles. The van der Waals surface area contributed by atoms with E-state index in [0.29, 0.717) is 25.5 Å². The quantitative estimate of drug-likeness (QED) is 0.749. The van der Waals surface area contributed by atoms with Gasteiger partial charge in [0.15, 0.2) is 0 Å². The summed E-state index contributed by atoms with van der Waals surface area (Å²) in [6, 6.07) is 2.57. The van der Waals surface area contributed by atoms with Gasteiger partial charge in [-0.1, -0.05) is 6.42 Å². The molecule has 28 heavy (non-hydrogen) atoms. The lowest BCUT2D eigenvalue weighted by atomic mass is 9.94. The summed E-state index contributed by atoms with van der Waals surface area (Å²) >= 11 is 0. The Bertz CT molecular complexity index is 622. The molecule has 0 bridgehead atoms. The van der Waals surface area contributed by atoms with Crippen LogP contribution in [0.3, 0.4) is 0 Å². The van der Waals surface area contributed by atoms with Gasteiger partial charge >= 0.3 is 6.18 Å². The number of nitrogens with zero attached hydrogens (tertiary/aromatic N) is 2. The van der Waals surface area contributed by atoms with Crippen LogP contribution < -0.4 is 16.0 Å². The zero-order chi connectivity index (χ0) is 18.7. The molecule has 1 aromatic heterocycles. The maximum atomic E-state index is 12.6. The number of alkyl halides is 3. The zero-order valence-corrected chi connectivity index (χ0v) is 17.1. The molecule has 3 rings (SSSR count). The normalized spacial score (nSPS) is 22.9. The molecule has 2 fully saturated rings. The number of amides is 1. The van der Waals surface area contributed by atoms with Crippen LogP contribution >= 0.6 is 24.8 Å². The van der Waals surface area contributed by atoms with Crippen LogP contribution in [0, 0.1) is 11.8 Å². The molecule has 1 aliphatic heterocycles. The van der Waals surface area contributed by atoms with Crippen molar-refractivity contribution in [2.45, 2.75) is 44.3 Å². The van der Waals surface area contributed by atoms with Gasteiger partial charge in [0.05, 0.1) is 5.56 Å². The van der Waals surface area contributed by atoms with Crippen LogP contribution in [0.1, 0.15) is 37.7 Å². The van der Waals surface area contributed by atoms with Crippen LogP contribution in [0.4, 0.5) is 19.0 Å². The largest absolute Gasteiger partial charge is 0.417 e. The minimum absolute atomic E-state index is 0. The summed E-state index contributed by atoms with van der Waals surface area (Å²) in [5.74, 6) is 0.951. The van der Waals surface area contributed by atoms with Gasteiger partial charge in [-0.25, -0.2) is 4.98 Å². The Morgan fingerprint density at radius 3 is 2.39 bits per heavy atom. The van der Waals surface area contributed by atoms with E-state index in [1.807, 2.05) is 4.90 Å². The summed E-state index contributed by atoms with van der Waals surface area (Å²) in [6.45, 7) is 1.87. The van der Waals surface area contributed by atoms with E-state index >= 15 is 0 Å². The molecular weight excluding hydrogens is 416 g/mol. The van der Waals surface area contributed by atoms with E-state index in [2.05, 4.69) is 10.3 Å². The predicted octanol–water partition coefficient (Wildman–Crippen LogP) is 3.40. The van der Waals surface area contributed by atoms with Gasteiger partial charge in [-0.2, -0.15) is 13.2 Å². The SMILES string of the molecule is Cl.Cl.NC[C@H]1CCC[C@H]1C(=O)NC1CCN(c2ccc(C(F)(F)F)cn2)CC1. The molecule has 5 nitrogen and oxygen atoms in total. The van der Waals surface area contributed by atoms with Gasteiger partial charge in [-0.05, 0) is 50.3 Å². The van der Waals surface area contributed by atoms with Crippen LogP contribution in [0.25, 0.3) is 0 Å². The minimum Gasteiger partial charge on any atom is -0.356 e. The summed E-state index contributed by atoms with van der Waals surface area (Å²) in [5.41, 5.74) is 5.01. The van der Waals surface area contributed by atoms with Crippen LogP contribution in [-0.4, -0.2) is 36.6 Å². The number of aromatic nitrogens is 1. The van der Waals surface area contributed by atoms with E-state index in [-0.39, 0.29) is 48.6 Å². The van der Waals surface area contributed by atoms with E-state index in [1.54, 1.807) is 0 Å². The fourth-order valence-electron chi connectivity index (χ4n) is 3.97. The Kier molecular flexibility index (Phi) is 9.30. The number of halogens is 5. The topological polar surface area (TPSA) is 71.2 Å². The number of hydrogen-bond acceptors (Lipinski definition) is 4. The second kappa shape index (κ2) is 10.5. The van der Waals surface area contributed by atoms with Crippen molar-refractivity contribution in [2.24, 2.45) is 17.6 Å². The van der Waals surface area contributed by atoms with E-state index in [9.17, 15) is 18.0 Å². The van der Waals surface area contributed by atoms with Crippen LogP contribution in [0.5, 0.6) is 0 Å². The van der Waals surface area contributed by atoms with Crippen LogP contribution in [-0.2, 0) is 11.0 Å². The monoisotopic (exact) mass is 442 g/mol.